The van der Waals surface area contributed by atoms with Gasteiger partial charge in [-0.1, -0.05) is 12.1 Å². The molecule has 0 saturated carbocycles. The number of hydrogen-bond donors (Lipinski definition) is 2. The van der Waals surface area contributed by atoms with Crippen LogP contribution in [0.25, 0.3) is 0 Å². The Morgan fingerprint density at radius 2 is 2.00 bits per heavy atom. The van der Waals surface area contributed by atoms with Crippen molar-refractivity contribution in [3.8, 4) is 0 Å². The number of benzene rings is 2. The Labute approximate surface area is 122 Å². The predicted octanol–water partition coefficient (Wildman–Crippen LogP) is 4.04. The van der Waals surface area contributed by atoms with E-state index in [1.54, 1.807) is 12.1 Å². The van der Waals surface area contributed by atoms with Gasteiger partial charge in [-0.2, -0.15) is 0 Å². The Kier molecular flexibility index (Phi) is 4.34. The molecule has 0 aliphatic carbocycles. The van der Waals surface area contributed by atoms with Crippen LogP contribution in [0.3, 0.4) is 0 Å². The lowest BCUT2D eigenvalue weighted by atomic mass is 10.1. The molecule has 0 aromatic heterocycles. The minimum Gasteiger partial charge on any atom is -0.478 e. The van der Waals surface area contributed by atoms with Crippen LogP contribution in [-0.4, -0.2) is 11.1 Å². The van der Waals surface area contributed by atoms with Gasteiger partial charge in [-0.15, -0.1) is 0 Å². The third-order valence-electron chi connectivity index (χ3n) is 2.65. The smallest absolute Gasteiger partial charge is 0.335 e. The highest BCUT2D eigenvalue weighted by atomic mass is 79.9. The second-order valence-corrected chi connectivity index (χ2v) is 4.96. The van der Waals surface area contributed by atoms with E-state index in [0.29, 0.717) is 5.56 Å². The largest absolute Gasteiger partial charge is 0.478 e. The van der Waals surface area contributed by atoms with Crippen LogP contribution in [-0.2, 0) is 6.54 Å². The van der Waals surface area contributed by atoms with Crippen molar-refractivity contribution in [2.45, 2.75) is 6.54 Å². The molecular weight excluding hydrogens is 332 g/mol. The standard InChI is InChI=1S/C14H10BrF2NO2/c15-11-5-10(16)6-12(17)13(11)18-7-8-2-1-3-9(4-8)14(19)20/h1-6,18H,7H2,(H,19,20). The molecule has 0 heterocycles. The number of nitrogens with one attached hydrogen (secondary N) is 1. The summed E-state index contributed by atoms with van der Waals surface area (Å²) in [5.74, 6) is -2.42. The average Bonchev–Trinajstić information content (AvgIpc) is 2.37. The topological polar surface area (TPSA) is 49.3 Å². The van der Waals surface area contributed by atoms with E-state index in [2.05, 4.69) is 21.2 Å². The van der Waals surface area contributed by atoms with Gasteiger partial charge in [0, 0.05) is 17.1 Å². The highest BCUT2D eigenvalue weighted by Gasteiger charge is 2.10. The highest BCUT2D eigenvalue weighted by molar-refractivity contribution is 9.10. The first-order valence-electron chi connectivity index (χ1n) is 5.68. The molecule has 6 heteroatoms. The van der Waals surface area contributed by atoms with Crippen molar-refractivity contribution in [3.05, 3.63) is 63.6 Å². The number of halogens is 3. The number of hydrogen-bond acceptors (Lipinski definition) is 2. The number of anilines is 1. The van der Waals surface area contributed by atoms with Crippen LogP contribution >= 0.6 is 15.9 Å². The fraction of sp³-hybridized carbons (Fsp3) is 0.0714. The van der Waals surface area contributed by atoms with Crippen LogP contribution in [0.1, 0.15) is 15.9 Å². The summed E-state index contributed by atoms with van der Waals surface area (Å²) in [6, 6.07) is 8.22. The summed E-state index contributed by atoms with van der Waals surface area (Å²) in [4.78, 5) is 10.8. The van der Waals surface area contributed by atoms with Gasteiger partial charge in [0.1, 0.15) is 11.6 Å². The molecule has 2 aromatic rings. The fourth-order valence-corrected chi connectivity index (χ4v) is 2.26. The second-order valence-electron chi connectivity index (χ2n) is 4.10. The molecule has 0 radical (unpaired) electrons. The lowest BCUT2D eigenvalue weighted by Gasteiger charge is -2.10. The van der Waals surface area contributed by atoms with Gasteiger partial charge in [0.25, 0.3) is 0 Å². The van der Waals surface area contributed by atoms with E-state index in [9.17, 15) is 13.6 Å². The number of aromatic carboxylic acids is 1. The molecule has 0 amide bonds. The van der Waals surface area contributed by atoms with Crippen molar-refractivity contribution in [2.75, 3.05) is 5.32 Å². The monoisotopic (exact) mass is 341 g/mol. The van der Waals surface area contributed by atoms with E-state index < -0.39 is 17.6 Å². The number of carbonyl (C=O) groups is 1. The first-order valence-corrected chi connectivity index (χ1v) is 6.47. The molecule has 0 bridgehead atoms. The number of rotatable bonds is 4. The fourth-order valence-electron chi connectivity index (χ4n) is 1.72. The third-order valence-corrected chi connectivity index (χ3v) is 3.28. The SMILES string of the molecule is O=C(O)c1cccc(CNc2c(F)cc(F)cc2Br)c1. The summed E-state index contributed by atoms with van der Waals surface area (Å²) in [5.41, 5.74) is 0.968. The lowest BCUT2D eigenvalue weighted by Crippen LogP contribution is -2.04. The van der Waals surface area contributed by atoms with Gasteiger partial charge in [-0.3, -0.25) is 0 Å². The molecule has 0 spiro atoms. The molecule has 2 aromatic carbocycles. The molecule has 20 heavy (non-hydrogen) atoms. The zero-order chi connectivity index (χ0) is 14.7. The van der Waals surface area contributed by atoms with Gasteiger partial charge in [0.05, 0.1) is 11.3 Å². The second kappa shape index (κ2) is 6.00. The normalized spacial score (nSPS) is 10.3. The van der Waals surface area contributed by atoms with Crippen LogP contribution < -0.4 is 5.32 Å². The summed E-state index contributed by atoms with van der Waals surface area (Å²) in [6.07, 6.45) is 0. The van der Waals surface area contributed by atoms with Gasteiger partial charge in [-0.05, 0) is 39.7 Å². The highest BCUT2D eigenvalue weighted by Crippen LogP contribution is 2.27. The number of carboxylic acids is 1. The first kappa shape index (κ1) is 14.5. The van der Waals surface area contributed by atoms with Crippen LogP contribution in [0.5, 0.6) is 0 Å². The van der Waals surface area contributed by atoms with Gasteiger partial charge in [-0.25, -0.2) is 13.6 Å². The van der Waals surface area contributed by atoms with E-state index in [0.717, 1.165) is 12.1 Å². The van der Waals surface area contributed by atoms with Crippen LogP contribution in [0.4, 0.5) is 14.5 Å². The van der Waals surface area contributed by atoms with Gasteiger partial charge in [0.2, 0.25) is 0 Å². The Hall–Kier alpha value is -1.95. The Bertz CT molecular complexity index is 638. The molecule has 0 aliphatic heterocycles. The van der Waals surface area contributed by atoms with E-state index in [-0.39, 0.29) is 22.3 Å². The third kappa shape index (κ3) is 3.33. The van der Waals surface area contributed by atoms with E-state index in [4.69, 9.17) is 5.11 Å². The van der Waals surface area contributed by atoms with Gasteiger partial charge >= 0.3 is 5.97 Å². The molecular formula is C14H10BrF2NO2. The van der Waals surface area contributed by atoms with Gasteiger partial charge < -0.3 is 10.4 Å². The molecule has 2 rings (SSSR count). The summed E-state index contributed by atoms with van der Waals surface area (Å²) in [7, 11) is 0. The zero-order valence-electron chi connectivity index (χ0n) is 10.2. The van der Waals surface area contributed by atoms with Crippen molar-refractivity contribution >= 4 is 27.6 Å². The van der Waals surface area contributed by atoms with Crippen molar-refractivity contribution < 1.29 is 18.7 Å². The molecule has 3 nitrogen and oxygen atoms in total. The van der Waals surface area contributed by atoms with Gasteiger partial charge in [0.15, 0.2) is 0 Å². The van der Waals surface area contributed by atoms with E-state index in [1.165, 1.54) is 12.1 Å². The van der Waals surface area contributed by atoms with Crippen LogP contribution in [0.15, 0.2) is 40.9 Å². The van der Waals surface area contributed by atoms with Crippen molar-refractivity contribution in [3.63, 3.8) is 0 Å². The molecule has 0 atom stereocenters. The molecule has 0 saturated heterocycles. The zero-order valence-corrected chi connectivity index (χ0v) is 11.7. The van der Waals surface area contributed by atoms with E-state index >= 15 is 0 Å². The molecule has 0 aliphatic rings. The summed E-state index contributed by atoms with van der Waals surface area (Å²) >= 11 is 3.07. The minimum atomic E-state index is -1.03. The predicted molar refractivity (Wildman–Crippen MR) is 74.8 cm³/mol. The lowest BCUT2D eigenvalue weighted by molar-refractivity contribution is 0.0696. The summed E-state index contributed by atoms with van der Waals surface area (Å²) in [5, 5.41) is 11.7. The van der Waals surface area contributed by atoms with E-state index in [1.807, 2.05) is 0 Å². The molecule has 0 fully saturated rings. The van der Waals surface area contributed by atoms with Crippen molar-refractivity contribution in [2.24, 2.45) is 0 Å². The summed E-state index contributed by atoms with van der Waals surface area (Å²) < 4.78 is 26.8. The quantitative estimate of drug-likeness (QED) is 0.882. The van der Waals surface area contributed by atoms with Crippen LogP contribution in [0, 0.1) is 11.6 Å². The van der Waals surface area contributed by atoms with Crippen molar-refractivity contribution in [1.82, 2.24) is 0 Å². The molecule has 104 valence electrons. The minimum absolute atomic E-state index is 0.132. The van der Waals surface area contributed by atoms with Crippen molar-refractivity contribution in [1.29, 1.82) is 0 Å². The van der Waals surface area contributed by atoms with Crippen LogP contribution in [0.2, 0.25) is 0 Å². The number of carboxylic acid groups (broad SMARTS) is 1. The molecule has 0 unspecified atom stereocenters. The molecule has 2 N–H and O–H groups in total. The Balaban J connectivity index is 2.17. The Morgan fingerprint density at radius 3 is 2.65 bits per heavy atom. The Morgan fingerprint density at radius 1 is 1.25 bits per heavy atom. The average molecular weight is 342 g/mol. The maximum absolute atomic E-state index is 13.6. The first-order chi connectivity index (χ1) is 9.47. The summed E-state index contributed by atoms with van der Waals surface area (Å²) in [6.45, 7) is 0.224. The maximum atomic E-state index is 13.6. The maximum Gasteiger partial charge on any atom is 0.335 e.